The average Bonchev–Trinajstić information content (AvgIpc) is 2.43. The van der Waals surface area contributed by atoms with Gasteiger partial charge in [-0.3, -0.25) is 0 Å². The highest BCUT2D eigenvalue weighted by Gasteiger charge is 2.17. The fraction of sp³-hybridized carbons (Fsp3) is 0.294. The Morgan fingerprint density at radius 1 is 1.19 bits per heavy atom. The van der Waals surface area contributed by atoms with Gasteiger partial charge in [-0.2, -0.15) is 0 Å². The molecule has 2 aromatic carbocycles. The van der Waals surface area contributed by atoms with E-state index in [1.807, 2.05) is 32.0 Å². The molecule has 1 atom stereocenters. The molecule has 0 saturated carbocycles. The Bertz CT molecular complexity index is 628. The second-order valence-corrected chi connectivity index (χ2v) is 5.94. The van der Waals surface area contributed by atoms with Crippen molar-refractivity contribution in [3.05, 3.63) is 69.2 Å². The van der Waals surface area contributed by atoms with Gasteiger partial charge in [0, 0.05) is 10.5 Å². The first kappa shape index (κ1) is 16.1. The van der Waals surface area contributed by atoms with Crippen molar-refractivity contribution in [3.8, 4) is 0 Å². The molecule has 0 aliphatic carbocycles. The summed E-state index contributed by atoms with van der Waals surface area (Å²) in [6.07, 6.45) is 0.417. The molecule has 0 spiro atoms. The molecule has 0 radical (unpaired) electrons. The Morgan fingerprint density at radius 3 is 2.62 bits per heavy atom. The van der Waals surface area contributed by atoms with Crippen LogP contribution in [0.1, 0.15) is 29.7 Å². The van der Waals surface area contributed by atoms with E-state index in [0.29, 0.717) is 12.0 Å². The molecule has 0 aliphatic heterocycles. The molecule has 0 heterocycles. The summed E-state index contributed by atoms with van der Waals surface area (Å²) in [5.41, 5.74) is 2.61. The summed E-state index contributed by atoms with van der Waals surface area (Å²) in [5, 5.41) is 3.35. The predicted molar refractivity (Wildman–Crippen MR) is 85.4 cm³/mol. The maximum Gasteiger partial charge on any atom is 0.162 e. The van der Waals surface area contributed by atoms with Crippen LogP contribution in [-0.2, 0) is 6.42 Å². The van der Waals surface area contributed by atoms with Crippen molar-refractivity contribution >= 4 is 15.9 Å². The van der Waals surface area contributed by atoms with Crippen LogP contribution in [0.5, 0.6) is 0 Å². The van der Waals surface area contributed by atoms with Crippen molar-refractivity contribution in [2.45, 2.75) is 26.3 Å². The summed E-state index contributed by atoms with van der Waals surface area (Å²) in [5.74, 6) is -1.55. The topological polar surface area (TPSA) is 12.0 Å². The van der Waals surface area contributed by atoms with E-state index in [1.54, 1.807) is 12.1 Å². The first-order chi connectivity index (χ1) is 10.0. The highest BCUT2D eigenvalue weighted by Crippen LogP contribution is 2.26. The fourth-order valence-electron chi connectivity index (χ4n) is 2.49. The molecule has 1 nitrogen and oxygen atoms in total. The highest BCUT2D eigenvalue weighted by molar-refractivity contribution is 9.10. The Kier molecular flexibility index (Phi) is 5.48. The summed E-state index contributed by atoms with van der Waals surface area (Å²) in [4.78, 5) is 0. The first-order valence-electron chi connectivity index (χ1n) is 6.95. The normalized spacial score (nSPS) is 12.4. The number of hydrogen-bond donors (Lipinski definition) is 1. The third-order valence-electron chi connectivity index (χ3n) is 3.51. The summed E-state index contributed by atoms with van der Waals surface area (Å²) in [7, 11) is 0. The standard InChI is InChI=1S/C17H18BrF2N/c1-3-21-16(14-8-7-13(18)9-11(14)2)10-12-5-4-6-15(19)17(12)20/h4-9,16,21H,3,10H2,1-2H3. The quantitative estimate of drug-likeness (QED) is 0.803. The minimum Gasteiger partial charge on any atom is -0.310 e. The van der Waals surface area contributed by atoms with Crippen LogP contribution in [0, 0.1) is 18.6 Å². The van der Waals surface area contributed by atoms with E-state index in [2.05, 4.69) is 21.2 Å². The highest BCUT2D eigenvalue weighted by atomic mass is 79.9. The van der Waals surface area contributed by atoms with Crippen LogP contribution in [0.4, 0.5) is 8.78 Å². The molecule has 1 unspecified atom stereocenters. The van der Waals surface area contributed by atoms with E-state index in [1.165, 1.54) is 0 Å². The molecular weight excluding hydrogens is 336 g/mol. The van der Waals surface area contributed by atoms with Crippen LogP contribution in [-0.4, -0.2) is 6.54 Å². The SMILES string of the molecule is CCNC(Cc1cccc(F)c1F)c1ccc(Br)cc1C. The summed E-state index contributed by atoms with van der Waals surface area (Å²) >= 11 is 3.44. The molecule has 2 rings (SSSR count). The number of halogens is 3. The molecule has 0 saturated heterocycles. The largest absolute Gasteiger partial charge is 0.310 e. The molecular formula is C17H18BrF2N. The summed E-state index contributed by atoms with van der Waals surface area (Å²) in [6.45, 7) is 4.78. The van der Waals surface area contributed by atoms with Crippen LogP contribution < -0.4 is 5.32 Å². The number of hydrogen-bond acceptors (Lipinski definition) is 1. The van der Waals surface area contributed by atoms with Gasteiger partial charge in [0.25, 0.3) is 0 Å². The third-order valence-corrected chi connectivity index (χ3v) is 4.01. The molecule has 0 aromatic heterocycles. The van der Waals surface area contributed by atoms with Crippen LogP contribution in [0.25, 0.3) is 0 Å². The molecule has 0 bridgehead atoms. The fourth-order valence-corrected chi connectivity index (χ4v) is 2.97. The van der Waals surface area contributed by atoms with Crippen LogP contribution in [0.15, 0.2) is 40.9 Å². The number of nitrogens with one attached hydrogen (secondary N) is 1. The van der Waals surface area contributed by atoms with E-state index < -0.39 is 11.6 Å². The number of benzene rings is 2. The Balaban J connectivity index is 2.33. The molecule has 0 aliphatic rings. The maximum atomic E-state index is 13.9. The van der Waals surface area contributed by atoms with Crippen molar-refractivity contribution in [1.82, 2.24) is 5.32 Å². The van der Waals surface area contributed by atoms with E-state index in [-0.39, 0.29) is 6.04 Å². The average molecular weight is 354 g/mol. The minimum atomic E-state index is -0.796. The van der Waals surface area contributed by atoms with Gasteiger partial charge in [0.1, 0.15) is 0 Å². The lowest BCUT2D eigenvalue weighted by Crippen LogP contribution is -2.24. The van der Waals surface area contributed by atoms with Gasteiger partial charge in [-0.05, 0) is 54.8 Å². The van der Waals surface area contributed by atoms with Gasteiger partial charge in [-0.15, -0.1) is 0 Å². The van der Waals surface area contributed by atoms with Crippen LogP contribution in [0.3, 0.4) is 0 Å². The van der Waals surface area contributed by atoms with Crippen molar-refractivity contribution in [2.24, 2.45) is 0 Å². The minimum absolute atomic E-state index is 0.0422. The van der Waals surface area contributed by atoms with Crippen molar-refractivity contribution < 1.29 is 8.78 Å². The summed E-state index contributed by atoms with van der Waals surface area (Å²) in [6, 6.07) is 10.3. The molecule has 0 amide bonds. The van der Waals surface area contributed by atoms with E-state index in [9.17, 15) is 8.78 Å². The Labute approximate surface area is 132 Å². The zero-order chi connectivity index (χ0) is 15.4. The molecule has 1 N–H and O–H groups in total. The van der Waals surface area contributed by atoms with Gasteiger partial charge in [0.05, 0.1) is 0 Å². The van der Waals surface area contributed by atoms with E-state index in [0.717, 1.165) is 28.2 Å². The lowest BCUT2D eigenvalue weighted by molar-refractivity contribution is 0.480. The van der Waals surface area contributed by atoms with Gasteiger partial charge in [0.2, 0.25) is 0 Å². The molecule has 112 valence electrons. The lowest BCUT2D eigenvalue weighted by atomic mass is 9.95. The van der Waals surface area contributed by atoms with Crippen LogP contribution >= 0.6 is 15.9 Å². The molecule has 0 fully saturated rings. The third kappa shape index (κ3) is 3.89. The van der Waals surface area contributed by atoms with Gasteiger partial charge in [0.15, 0.2) is 11.6 Å². The number of rotatable bonds is 5. The second kappa shape index (κ2) is 7.14. The Hall–Kier alpha value is -1.26. The molecule has 21 heavy (non-hydrogen) atoms. The second-order valence-electron chi connectivity index (χ2n) is 5.03. The monoisotopic (exact) mass is 353 g/mol. The van der Waals surface area contributed by atoms with Crippen LogP contribution in [0.2, 0.25) is 0 Å². The van der Waals surface area contributed by atoms with Gasteiger partial charge < -0.3 is 5.32 Å². The van der Waals surface area contributed by atoms with Crippen molar-refractivity contribution in [2.75, 3.05) is 6.54 Å². The molecule has 4 heteroatoms. The smallest absolute Gasteiger partial charge is 0.162 e. The van der Waals surface area contributed by atoms with Crippen molar-refractivity contribution in [1.29, 1.82) is 0 Å². The van der Waals surface area contributed by atoms with Gasteiger partial charge >= 0.3 is 0 Å². The van der Waals surface area contributed by atoms with Gasteiger partial charge in [-0.25, -0.2) is 8.78 Å². The summed E-state index contributed by atoms with van der Waals surface area (Å²) < 4.78 is 28.2. The zero-order valence-electron chi connectivity index (χ0n) is 12.1. The maximum absolute atomic E-state index is 13.9. The first-order valence-corrected chi connectivity index (χ1v) is 7.74. The van der Waals surface area contributed by atoms with Gasteiger partial charge in [-0.1, -0.05) is 41.1 Å². The van der Waals surface area contributed by atoms with E-state index >= 15 is 0 Å². The lowest BCUT2D eigenvalue weighted by Gasteiger charge is -2.21. The van der Waals surface area contributed by atoms with E-state index in [4.69, 9.17) is 0 Å². The number of likely N-dealkylation sites (N-methyl/N-ethyl adjacent to an activating group) is 1. The van der Waals surface area contributed by atoms with Crippen molar-refractivity contribution in [3.63, 3.8) is 0 Å². The Morgan fingerprint density at radius 2 is 1.95 bits per heavy atom. The zero-order valence-corrected chi connectivity index (χ0v) is 13.7. The predicted octanol–water partition coefficient (Wildman–Crippen LogP) is 4.93. The number of aryl methyl sites for hydroxylation is 1. The molecule has 2 aromatic rings.